The minimum Gasteiger partial charge on any atom is -0.370 e. The third-order valence-corrected chi connectivity index (χ3v) is 4.79. The summed E-state index contributed by atoms with van der Waals surface area (Å²) in [5.41, 5.74) is 18.7. The molecule has 1 heterocycles. The maximum atomic E-state index is 12.5. The highest BCUT2D eigenvalue weighted by Gasteiger charge is 2.17. The third-order valence-electron chi connectivity index (χ3n) is 4.79. The fraction of sp³-hybridized carbons (Fsp3) is 0.500. The van der Waals surface area contributed by atoms with Gasteiger partial charge in [-0.25, -0.2) is 4.98 Å². The van der Waals surface area contributed by atoms with Gasteiger partial charge in [0.15, 0.2) is 5.96 Å². The molecule has 0 saturated carbocycles. The highest BCUT2D eigenvalue weighted by molar-refractivity contribution is 5.75. The van der Waals surface area contributed by atoms with Crippen LogP contribution in [0.4, 0.5) is 0 Å². The van der Waals surface area contributed by atoms with Crippen LogP contribution in [0.15, 0.2) is 40.2 Å². The maximum absolute atomic E-state index is 12.5. The van der Waals surface area contributed by atoms with E-state index in [0.717, 1.165) is 38.0 Å². The molecule has 0 atom stereocenters. The number of benzene rings is 1. The number of nitrogens with zero attached hydrogens (tertiary/aromatic N) is 3. The van der Waals surface area contributed by atoms with Crippen molar-refractivity contribution in [3.8, 4) is 11.1 Å². The van der Waals surface area contributed by atoms with E-state index in [1.54, 1.807) is 6.20 Å². The second-order valence-electron chi connectivity index (χ2n) is 8.50. The molecule has 8 nitrogen and oxygen atoms in total. The van der Waals surface area contributed by atoms with Crippen LogP contribution < -0.4 is 22.8 Å². The first-order valence-electron chi connectivity index (χ1n) is 10.4. The van der Waals surface area contributed by atoms with Crippen LogP contribution >= 0.6 is 0 Å². The Morgan fingerprint density at radius 1 is 1.13 bits per heavy atom. The number of hydrogen-bond donors (Lipinski definition) is 4. The van der Waals surface area contributed by atoms with E-state index < -0.39 is 0 Å². The summed E-state index contributed by atoms with van der Waals surface area (Å²) in [7, 11) is 0. The van der Waals surface area contributed by atoms with E-state index >= 15 is 0 Å². The van der Waals surface area contributed by atoms with Crippen LogP contribution in [0.2, 0.25) is 0 Å². The molecule has 0 aliphatic heterocycles. The van der Waals surface area contributed by atoms with Crippen molar-refractivity contribution in [2.45, 2.75) is 45.6 Å². The molecule has 0 saturated heterocycles. The quantitative estimate of drug-likeness (QED) is 0.265. The van der Waals surface area contributed by atoms with Gasteiger partial charge >= 0.3 is 0 Å². The normalized spacial score (nSPS) is 11.6. The summed E-state index contributed by atoms with van der Waals surface area (Å²) in [6.07, 6.45) is 3.47. The largest absolute Gasteiger partial charge is 0.370 e. The Kier molecular flexibility index (Phi) is 8.56. The van der Waals surface area contributed by atoms with Crippen molar-refractivity contribution in [3.05, 3.63) is 52.2 Å². The number of hydrogen-bond acceptors (Lipinski definition) is 5. The van der Waals surface area contributed by atoms with Crippen LogP contribution in [0.1, 0.15) is 45.0 Å². The van der Waals surface area contributed by atoms with Crippen molar-refractivity contribution in [1.82, 2.24) is 14.9 Å². The summed E-state index contributed by atoms with van der Waals surface area (Å²) in [5, 5.41) is 0. The fourth-order valence-corrected chi connectivity index (χ4v) is 3.12. The van der Waals surface area contributed by atoms with Crippen molar-refractivity contribution in [2.75, 3.05) is 26.2 Å². The van der Waals surface area contributed by atoms with E-state index in [1.165, 1.54) is 5.56 Å². The summed E-state index contributed by atoms with van der Waals surface area (Å²) in [4.78, 5) is 26.3. The number of aliphatic imine (C=N–C) groups is 1. The highest BCUT2D eigenvalue weighted by atomic mass is 16.1. The molecule has 7 N–H and O–H groups in total. The van der Waals surface area contributed by atoms with Gasteiger partial charge in [0.25, 0.3) is 5.56 Å². The molecule has 2 aromatic rings. The molecule has 0 aliphatic carbocycles. The molecule has 0 spiro atoms. The number of rotatable bonds is 10. The Labute approximate surface area is 178 Å². The van der Waals surface area contributed by atoms with E-state index in [4.69, 9.17) is 17.2 Å². The lowest BCUT2D eigenvalue weighted by molar-refractivity contribution is 0.262. The topological polar surface area (TPSA) is 139 Å². The molecule has 0 amide bonds. The van der Waals surface area contributed by atoms with E-state index in [2.05, 4.69) is 32.0 Å². The van der Waals surface area contributed by atoms with E-state index in [9.17, 15) is 4.79 Å². The third kappa shape index (κ3) is 7.27. The molecule has 0 bridgehead atoms. The molecular formula is C22H35N7O. The lowest BCUT2D eigenvalue weighted by Gasteiger charge is -2.22. The highest BCUT2D eigenvalue weighted by Crippen LogP contribution is 2.20. The number of guanidine groups is 1. The smallest absolute Gasteiger partial charge is 0.258 e. The molecule has 164 valence electrons. The number of aromatic nitrogens is 2. The standard InChI is InChI=1S/C22H35N7O/c1-22(2,3)20-27-14-18(19(30)28-20)17-8-6-16(7-9-17)15-29(12-4-10-23)13-5-11-26-21(24)25/h6-9,14H,4-5,10-13,15,23H2,1-3H3,(H4,24,25,26)(H,27,28,30). The van der Waals surface area contributed by atoms with Crippen molar-refractivity contribution in [3.63, 3.8) is 0 Å². The summed E-state index contributed by atoms with van der Waals surface area (Å²) >= 11 is 0. The van der Waals surface area contributed by atoms with Crippen LogP contribution in [0, 0.1) is 0 Å². The molecule has 1 aromatic carbocycles. The van der Waals surface area contributed by atoms with Crippen LogP contribution in [0.3, 0.4) is 0 Å². The van der Waals surface area contributed by atoms with Gasteiger partial charge in [-0.15, -0.1) is 0 Å². The lowest BCUT2D eigenvalue weighted by atomic mass is 9.95. The Hall–Kier alpha value is -2.71. The molecule has 0 radical (unpaired) electrons. The molecule has 30 heavy (non-hydrogen) atoms. The van der Waals surface area contributed by atoms with Gasteiger partial charge in [-0.1, -0.05) is 45.0 Å². The van der Waals surface area contributed by atoms with Crippen LogP contribution in [0.5, 0.6) is 0 Å². The van der Waals surface area contributed by atoms with Gasteiger partial charge < -0.3 is 22.2 Å². The summed E-state index contributed by atoms with van der Waals surface area (Å²) < 4.78 is 0. The average molecular weight is 414 g/mol. The second-order valence-corrected chi connectivity index (χ2v) is 8.50. The van der Waals surface area contributed by atoms with Crippen molar-refractivity contribution < 1.29 is 0 Å². The predicted molar refractivity (Wildman–Crippen MR) is 123 cm³/mol. The molecule has 0 fully saturated rings. The molecule has 8 heteroatoms. The molecule has 1 aromatic heterocycles. The fourth-order valence-electron chi connectivity index (χ4n) is 3.12. The monoisotopic (exact) mass is 413 g/mol. The minimum atomic E-state index is -0.199. The van der Waals surface area contributed by atoms with E-state index in [1.807, 2.05) is 32.9 Å². The summed E-state index contributed by atoms with van der Waals surface area (Å²) in [6.45, 7) is 9.94. The SMILES string of the molecule is CC(C)(C)c1ncc(-c2ccc(CN(CCCN)CCCN=C(N)N)cc2)c(=O)[nH]1. The number of aromatic amines is 1. The van der Waals surface area contributed by atoms with Crippen LogP contribution in [-0.2, 0) is 12.0 Å². The second kappa shape index (κ2) is 10.9. The first kappa shape index (κ1) is 23.6. The van der Waals surface area contributed by atoms with Crippen LogP contribution in [0.25, 0.3) is 11.1 Å². The van der Waals surface area contributed by atoms with Gasteiger partial charge in [0.05, 0.1) is 5.56 Å². The summed E-state index contributed by atoms with van der Waals surface area (Å²) in [5.74, 6) is 0.809. The first-order chi connectivity index (χ1) is 14.2. The van der Waals surface area contributed by atoms with Gasteiger partial charge in [-0.05, 0) is 37.1 Å². The van der Waals surface area contributed by atoms with Crippen molar-refractivity contribution >= 4 is 5.96 Å². The minimum absolute atomic E-state index is 0.119. The van der Waals surface area contributed by atoms with Gasteiger partial charge in [-0.2, -0.15) is 0 Å². The van der Waals surface area contributed by atoms with Crippen molar-refractivity contribution in [2.24, 2.45) is 22.2 Å². The molecular weight excluding hydrogens is 378 g/mol. The average Bonchev–Trinajstić information content (AvgIpc) is 2.69. The van der Waals surface area contributed by atoms with Crippen LogP contribution in [-0.4, -0.2) is 47.0 Å². The van der Waals surface area contributed by atoms with Gasteiger partial charge in [0.2, 0.25) is 0 Å². The Morgan fingerprint density at radius 2 is 1.80 bits per heavy atom. The zero-order valence-corrected chi connectivity index (χ0v) is 18.3. The summed E-state index contributed by atoms with van der Waals surface area (Å²) in [6, 6.07) is 8.05. The van der Waals surface area contributed by atoms with Gasteiger partial charge in [0.1, 0.15) is 5.82 Å². The Morgan fingerprint density at radius 3 is 2.37 bits per heavy atom. The first-order valence-corrected chi connectivity index (χ1v) is 10.4. The van der Waals surface area contributed by atoms with E-state index in [0.29, 0.717) is 24.5 Å². The Bertz CT molecular complexity index is 878. The van der Waals surface area contributed by atoms with E-state index in [-0.39, 0.29) is 16.9 Å². The lowest BCUT2D eigenvalue weighted by Crippen LogP contribution is -2.28. The zero-order chi connectivity index (χ0) is 22.1. The predicted octanol–water partition coefficient (Wildman–Crippen LogP) is 1.55. The number of nitrogens with two attached hydrogens (primary N) is 3. The number of nitrogens with one attached hydrogen (secondary N) is 1. The van der Waals surface area contributed by atoms with Gasteiger partial charge in [-0.3, -0.25) is 14.7 Å². The van der Waals surface area contributed by atoms with Crippen molar-refractivity contribution in [1.29, 1.82) is 0 Å². The molecule has 0 unspecified atom stereocenters. The zero-order valence-electron chi connectivity index (χ0n) is 18.3. The molecule has 2 rings (SSSR count). The maximum Gasteiger partial charge on any atom is 0.258 e. The molecule has 0 aliphatic rings. The Balaban J connectivity index is 2.07. The van der Waals surface area contributed by atoms with Gasteiger partial charge in [0, 0.05) is 31.2 Å². The number of H-pyrrole nitrogens is 1.